The zero-order valence-electron chi connectivity index (χ0n) is 6.10. The summed E-state index contributed by atoms with van der Waals surface area (Å²) in [5.41, 5.74) is -1.90. The Kier molecular flexibility index (Phi) is 3.06. The van der Waals surface area contributed by atoms with E-state index in [0.29, 0.717) is 4.13 Å². The van der Waals surface area contributed by atoms with Crippen LogP contribution in [0.2, 0.25) is 4.13 Å². The third kappa shape index (κ3) is 2.49. The molecular formula is C6H13O2Zr. The molecule has 9 heavy (non-hydrogen) atoms. The van der Waals surface area contributed by atoms with Crippen LogP contribution in [0.15, 0.2) is 0 Å². The van der Waals surface area contributed by atoms with Crippen LogP contribution in [-0.4, -0.2) is 21.4 Å². The molecule has 0 aromatic carbocycles. The molecule has 0 saturated heterocycles. The van der Waals surface area contributed by atoms with Gasteiger partial charge >= 0.3 is 71.0 Å². The first-order valence-electron chi connectivity index (χ1n) is 2.90. The predicted molar refractivity (Wildman–Crippen MR) is 31.7 cm³/mol. The summed E-state index contributed by atoms with van der Waals surface area (Å²) in [5, 5.41) is 18.7. The third-order valence-corrected chi connectivity index (χ3v) is 3.35. The van der Waals surface area contributed by atoms with Gasteiger partial charge in [-0.05, 0) is 0 Å². The van der Waals surface area contributed by atoms with Crippen LogP contribution in [-0.2, 0) is 24.7 Å². The Labute approximate surface area is 71.1 Å². The fraction of sp³-hybridized carbons (Fsp3) is 1.00. The van der Waals surface area contributed by atoms with Crippen LogP contribution in [0.5, 0.6) is 0 Å². The van der Waals surface area contributed by atoms with Crippen LogP contribution in [0.25, 0.3) is 0 Å². The standard InChI is InChI=1S/C6H13O2.Zr/c1-5(2,7)6(3,4)8;/h7-8H,1H2,2-4H3;. The first-order chi connectivity index (χ1) is 3.81. The van der Waals surface area contributed by atoms with Gasteiger partial charge in [0, 0.05) is 0 Å². The van der Waals surface area contributed by atoms with Gasteiger partial charge in [0.05, 0.1) is 0 Å². The molecule has 0 amide bonds. The van der Waals surface area contributed by atoms with E-state index in [4.69, 9.17) is 0 Å². The van der Waals surface area contributed by atoms with Gasteiger partial charge in [0.15, 0.2) is 0 Å². The van der Waals surface area contributed by atoms with Crippen LogP contribution >= 0.6 is 0 Å². The van der Waals surface area contributed by atoms with Crippen LogP contribution in [0.3, 0.4) is 0 Å². The van der Waals surface area contributed by atoms with Gasteiger partial charge in [-0.2, -0.15) is 0 Å². The zero-order chi connectivity index (χ0) is 7.71. The summed E-state index contributed by atoms with van der Waals surface area (Å²) in [4.78, 5) is 0. The van der Waals surface area contributed by atoms with Crippen molar-refractivity contribution in [1.82, 2.24) is 0 Å². The molecule has 0 aliphatic heterocycles. The van der Waals surface area contributed by atoms with Crippen LogP contribution in [0.1, 0.15) is 20.8 Å². The topological polar surface area (TPSA) is 40.5 Å². The second-order valence-corrected chi connectivity index (χ2v) is 3.88. The molecule has 3 heteroatoms. The van der Waals surface area contributed by atoms with Gasteiger partial charge in [-0.1, -0.05) is 0 Å². The monoisotopic (exact) mass is 207 g/mol. The molecule has 1 unspecified atom stereocenters. The third-order valence-electron chi connectivity index (χ3n) is 1.66. The Balaban J connectivity index is 4.14. The van der Waals surface area contributed by atoms with Crippen molar-refractivity contribution in [3.05, 3.63) is 0 Å². The van der Waals surface area contributed by atoms with E-state index >= 15 is 0 Å². The molecule has 0 aromatic rings. The molecule has 0 aliphatic rings. The van der Waals surface area contributed by atoms with Gasteiger partial charge < -0.3 is 0 Å². The first kappa shape index (κ1) is 9.80. The van der Waals surface area contributed by atoms with Crippen LogP contribution in [0, 0.1) is 0 Å². The summed E-state index contributed by atoms with van der Waals surface area (Å²) >= 11 is 1.24. The van der Waals surface area contributed by atoms with Gasteiger partial charge in [-0.3, -0.25) is 0 Å². The number of rotatable bonds is 2. The molecule has 1 atom stereocenters. The molecule has 0 saturated carbocycles. The van der Waals surface area contributed by atoms with E-state index in [2.05, 4.69) is 0 Å². The van der Waals surface area contributed by atoms with Crippen molar-refractivity contribution in [3.63, 3.8) is 0 Å². The zero-order valence-corrected chi connectivity index (χ0v) is 8.56. The van der Waals surface area contributed by atoms with Crippen molar-refractivity contribution >= 4 is 0 Å². The van der Waals surface area contributed by atoms with E-state index in [9.17, 15) is 10.2 Å². The molecule has 0 aliphatic carbocycles. The molecule has 0 spiro atoms. The van der Waals surface area contributed by atoms with E-state index < -0.39 is 11.2 Å². The summed E-state index contributed by atoms with van der Waals surface area (Å²) in [5.74, 6) is 0. The quantitative estimate of drug-likeness (QED) is 0.693. The van der Waals surface area contributed by atoms with Crippen molar-refractivity contribution < 1.29 is 34.9 Å². The fourth-order valence-corrected chi connectivity index (χ4v) is 1.28. The summed E-state index contributed by atoms with van der Waals surface area (Å²) in [6.45, 7) is 4.90. The average Bonchev–Trinajstić information content (AvgIpc) is 1.64. The molecule has 0 fully saturated rings. The van der Waals surface area contributed by atoms with Gasteiger partial charge in [0.1, 0.15) is 0 Å². The van der Waals surface area contributed by atoms with Crippen LogP contribution in [0.4, 0.5) is 0 Å². The molecule has 2 nitrogen and oxygen atoms in total. The molecule has 0 radical (unpaired) electrons. The molecule has 0 aromatic heterocycles. The Morgan fingerprint density at radius 3 is 1.56 bits per heavy atom. The Bertz CT molecular complexity index is 93.7. The molecule has 2 N–H and O–H groups in total. The molecular weight excluding hydrogens is 195 g/mol. The van der Waals surface area contributed by atoms with E-state index in [1.807, 2.05) is 0 Å². The molecule has 0 heterocycles. The normalized spacial score (nSPS) is 19.1. The van der Waals surface area contributed by atoms with Crippen molar-refractivity contribution in [2.45, 2.75) is 36.1 Å². The minimum atomic E-state index is -0.976. The number of hydrogen-bond donors (Lipinski definition) is 2. The second kappa shape index (κ2) is 2.81. The second-order valence-electron chi connectivity index (χ2n) is 3.01. The number of hydrogen-bond acceptors (Lipinski definition) is 2. The van der Waals surface area contributed by atoms with Gasteiger partial charge in [0.25, 0.3) is 0 Å². The first-order valence-corrected chi connectivity index (χ1v) is 4.64. The van der Waals surface area contributed by atoms with Gasteiger partial charge in [0.2, 0.25) is 0 Å². The van der Waals surface area contributed by atoms with Crippen molar-refractivity contribution in [2.24, 2.45) is 0 Å². The Hall–Kier alpha value is 0.803. The van der Waals surface area contributed by atoms with E-state index in [-0.39, 0.29) is 0 Å². The molecule has 0 bridgehead atoms. The van der Waals surface area contributed by atoms with E-state index in [1.54, 1.807) is 20.8 Å². The predicted octanol–water partition coefficient (Wildman–Crippen LogP) is 0.473. The Morgan fingerprint density at radius 2 is 1.56 bits per heavy atom. The molecule has 53 valence electrons. The average molecular weight is 208 g/mol. The molecule has 0 rings (SSSR count). The van der Waals surface area contributed by atoms with Gasteiger partial charge in [-0.25, -0.2) is 0 Å². The maximum atomic E-state index is 9.43. The van der Waals surface area contributed by atoms with Crippen molar-refractivity contribution in [2.75, 3.05) is 0 Å². The van der Waals surface area contributed by atoms with Crippen molar-refractivity contribution in [3.8, 4) is 0 Å². The number of aliphatic hydroxyl groups is 2. The van der Waals surface area contributed by atoms with Crippen molar-refractivity contribution in [1.29, 1.82) is 0 Å². The fourth-order valence-electron chi connectivity index (χ4n) is 0.216. The SMILES string of the molecule is CC(C)(O)C(C)(O)[CH2][Zr]. The summed E-state index contributed by atoms with van der Waals surface area (Å²) in [6.07, 6.45) is 0. The van der Waals surface area contributed by atoms with Crippen LogP contribution < -0.4 is 0 Å². The van der Waals surface area contributed by atoms with E-state index in [1.165, 1.54) is 24.7 Å². The van der Waals surface area contributed by atoms with Gasteiger partial charge in [-0.15, -0.1) is 0 Å². The summed E-state index contributed by atoms with van der Waals surface area (Å²) < 4.78 is 0.656. The Morgan fingerprint density at radius 1 is 1.22 bits per heavy atom. The van der Waals surface area contributed by atoms with E-state index in [0.717, 1.165) is 0 Å². The summed E-state index contributed by atoms with van der Waals surface area (Å²) in [6, 6.07) is 0. The maximum absolute atomic E-state index is 9.43. The minimum absolute atomic E-state index is 0.656. The summed E-state index contributed by atoms with van der Waals surface area (Å²) in [7, 11) is 0.